The van der Waals surface area contributed by atoms with Crippen LogP contribution in [0.4, 0.5) is 0 Å². The number of rotatable bonds is 1. The van der Waals surface area contributed by atoms with Crippen molar-refractivity contribution in [2.45, 2.75) is 33.2 Å². The largest absolute Gasteiger partial charge is 0.379 e. The summed E-state index contributed by atoms with van der Waals surface area (Å²) in [7, 11) is 0. The van der Waals surface area contributed by atoms with E-state index in [9.17, 15) is 0 Å². The minimum absolute atomic E-state index is 0.377. The van der Waals surface area contributed by atoms with E-state index in [4.69, 9.17) is 16.3 Å². The average Bonchev–Trinajstić information content (AvgIpc) is 3.00. The van der Waals surface area contributed by atoms with Crippen LogP contribution in [0.5, 0.6) is 0 Å². The Bertz CT molecular complexity index is 532. The van der Waals surface area contributed by atoms with Gasteiger partial charge in [0.05, 0.1) is 18.0 Å². The number of halogens is 1. The lowest BCUT2D eigenvalue weighted by atomic mass is 10.2. The van der Waals surface area contributed by atoms with Crippen LogP contribution in [0, 0.1) is 6.92 Å². The van der Waals surface area contributed by atoms with Crippen molar-refractivity contribution >= 4 is 22.6 Å². The van der Waals surface area contributed by atoms with Crippen molar-refractivity contribution in [3.63, 3.8) is 0 Å². The Labute approximate surface area is 112 Å². The predicted octanol–water partition coefficient (Wildman–Crippen LogP) is 3.38. The van der Waals surface area contributed by atoms with Crippen LogP contribution in [0.3, 0.4) is 0 Å². The molecule has 0 spiro atoms. The molecule has 18 heavy (non-hydrogen) atoms. The van der Waals surface area contributed by atoms with E-state index in [1.165, 1.54) is 6.33 Å². The van der Waals surface area contributed by atoms with Gasteiger partial charge in [-0.2, -0.15) is 0 Å². The molecule has 0 radical (unpaired) electrons. The molecule has 1 fully saturated rings. The molecule has 0 aliphatic carbocycles. The zero-order valence-electron chi connectivity index (χ0n) is 11.0. The third-order valence-corrected chi connectivity index (χ3v) is 3.34. The first-order valence-corrected chi connectivity index (χ1v) is 6.70. The van der Waals surface area contributed by atoms with Crippen LogP contribution >= 0.6 is 11.6 Å². The van der Waals surface area contributed by atoms with E-state index < -0.39 is 0 Å². The monoisotopic (exact) mass is 267 g/mol. The van der Waals surface area contributed by atoms with E-state index in [2.05, 4.69) is 20.7 Å². The van der Waals surface area contributed by atoms with Crippen molar-refractivity contribution in [3.8, 4) is 0 Å². The molecule has 3 rings (SSSR count). The van der Waals surface area contributed by atoms with Crippen LogP contribution in [-0.2, 0) is 4.74 Å². The normalized spacial score (nSPS) is 18.8. The number of aromatic nitrogens is 3. The second-order valence-electron chi connectivity index (χ2n) is 4.10. The molecule has 2 aromatic rings. The molecule has 1 aliphatic rings. The Balaban J connectivity index is 0.000000574. The van der Waals surface area contributed by atoms with E-state index in [1.54, 1.807) is 0 Å². The van der Waals surface area contributed by atoms with Crippen molar-refractivity contribution in [2.24, 2.45) is 0 Å². The molecule has 2 aromatic heterocycles. The highest BCUT2D eigenvalue weighted by molar-refractivity contribution is 6.34. The fourth-order valence-corrected chi connectivity index (χ4v) is 2.52. The van der Waals surface area contributed by atoms with Crippen molar-refractivity contribution in [3.05, 3.63) is 23.2 Å². The fourth-order valence-electron chi connectivity index (χ4n) is 2.24. The lowest BCUT2D eigenvalue weighted by molar-refractivity contribution is 0.187. The summed E-state index contributed by atoms with van der Waals surface area (Å²) in [6, 6.07) is 0.377. The summed E-state index contributed by atoms with van der Waals surface area (Å²) in [5, 5.41) is 1.48. The lowest BCUT2D eigenvalue weighted by Gasteiger charge is -2.10. The quantitative estimate of drug-likeness (QED) is 0.744. The molecule has 5 heteroatoms. The Hall–Kier alpha value is -1.13. The van der Waals surface area contributed by atoms with E-state index in [0.717, 1.165) is 36.2 Å². The minimum Gasteiger partial charge on any atom is -0.379 e. The summed E-state index contributed by atoms with van der Waals surface area (Å²) in [4.78, 5) is 8.34. The number of hydrogen-bond donors (Lipinski definition) is 0. The molecule has 1 aliphatic heterocycles. The molecule has 3 heterocycles. The third kappa shape index (κ3) is 2.22. The lowest BCUT2D eigenvalue weighted by Crippen LogP contribution is -2.07. The number of nitrogens with zero attached hydrogens (tertiary/aromatic N) is 3. The molecule has 1 saturated heterocycles. The molecule has 98 valence electrons. The van der Waals surface area contributed by atoms with Crippen LogP contribution in [0.2, 0.25) is 5.15 Å². The zero-order chi connectivity index (χ0) is 13.1. The number of hydrogen-bond acceptors (Lipinski definition) is 3. The number of ether oxygens (including phenoxy) is 1. The summed E-state index contributed by atoms with van der Waals surface area (Å²) < 4.78 is 7.56. The molecule has 0 amide bonds. The first-order valence-electron chi connectivity index (χ1n) is 6.33. The summed E-state index contributed by atoms with van der Waals surface area (Å²) in [5.74, 6) is 0. The van der Waals surface area contributed by atoms with Crippen LogP contribution in [-0.4, -0.2) is 27.7 Å². The number of aryl methyl sites for hydroxylation is 1. The molecule has 0 bridgehead atoms. The Morgan fingerprint density at radius 1 is 1.39 bits per heavy atom. The molecule has 1 atom stereocenters. The summed E-state index contributed by atoms with van der Waals surface area (Å²) in [6.07, 6.45) is 4.63. The van der Waals surface area contributed by atoms with E-state index in [-0.39, 0.29) is 0 Å². The summed E-state index contributed by atoms with van der Waals surface area (Å²) >= 11 is 6.09. The van der Waals surface area contributed by atoms with Gasteiger partial charge >= 0.3 is 0 Å². The highest BCUT2D eigenvalue weighted by Gasteiger charge is 2.21. The van der Waals surface area contributed by atoms with Gasteiger partial charge in [0.25, 0.3) is 0 Å². The molecular formula is C13H18ClN3O. The Kier molecular flexibility index (Phi) is 4.19. The summed E-state index contributed by atoms with van der Waals surface area (Å²) in [5.41, 5.74) is 2.03. The van der Waals surface area contributed by atoms with Gasteiger partial charge in [-0.1, -0.05) is 25.4 Å². The molecule has 0 saturated carbocycles. The summed E-state index contributed by atoms with van der Waals surface area (Å²) in [6.45, 7) is 7.61. The van der Waals surface area contributed by atoms with Crippen molar-refractivity contribution in [1.29, 1.82) is 0 Å². The van der Waals surface area contributed by atoms with Crippen molar-refractivity contribution in [2.75, 3.05) is 13.2 Å². The van der Waals surface area contributed by atoms with Crippen molar-refractivity contribution in [1.82, 2.24) is 14.5 Å². The third-order valence-electron chi connectivity index (χ3n) is 3.05. The van der Waals surface area contributed by atoms with Gasteiger partial charge in [0.2, 0.25) is 0 Å². The fraction of sp³-hybridized carbons (Fsp3) is 0.538. The van der Waals surface area contributed by atoms with Gasteiger partial charge in [0, 0.05) is 12.8 Å². The highest BCUT2D eigenvalue weighted by Crippen LogP contribution is 2.29. The first-order chi connectivity index (χ1) is 8.77. The first kappa shape index (κ1) is 13.3. The zero-order valence-corrected chi connectivity index (χ0v) is 11.7. The van der Waals surface area contributed by atoms with Gasteiger partial charge in [-0.25, -0.2) is 9.97 Å². The second-order valence-corrected chi connectivity index (χ2v) is 4.46. The van der Waals surface area contributed by atoms with Gasteiger partial charge in [0.1, 0.15) is 17.1 Å². The average molecular weight is 268 g/mol. The Morgan fingerprint density at radius 3 is 2.83 bits per heavy atom. The second kappa shape index (κ2) is 5.67. The Morgan fingerprint density at radius 2 is 2.17 bits per heavy atom. The minimum atomic E-state index is 0.377. The van der Waals surface area contributed by atoms with Gasteiger partial charge < -0.3 is 9.30 Å². The van der Waals surface area contributed by atoms with E-state index in [0.29, 0.717) is 11.2 Å². The molecular weight excluding hydrogens is 250 g/mol. The van der Waals surface area contributed by atoms with Gasteiger partial charge in [-0.3, -0.25) is 0 Å². The molecule has 4 nitrogen and oxygen atoms in total. The maximum Gasteiger partial charge on any atom is 0.145 e. The van der Waals surface area contributed by atoms with Crippen LogP contribution in [0.1, 0.15) is 31.9 Å². The van der Waals surface area contributed by atoms with Crippen LogP contribution < -0.4 is 0 Å². The standard InChI is InChI=1S/C11H12ClN3O.C2H6/c1-7-4-15(8-2-3-16-5-8)11-9(7)10(12)13-6-14-11;1-2/h4,6,8H,2-3,5H2,1H3;1-2H3. The van der Waals surface area contributed by atoms with Crippen LogP contribution in [0.15, 0.2) is 12.5 Å². The topological polar surface area (TPSA) is 39.9 Å². The highest BCUT2D eigenvalue weighted by atomic mass is 35.5. The predicted molar refractivity (Wildman–Crippen MR) is 73.1 cm³/mol. The SMILES string of the molecule is CC.Cc1cn(C2CCOC2)c2ncnc(Cl)c12. The molecule has 1 unspecified atom stereocenters. The van der Waals surface area contributed by atoms with Crippen molar-refractivity contribution < 1.29 is 4.74 Å². The maximum absolute atomic E-state index is 6.09. The van der Waals surface area contributed by atoms with Gasteiger partial charge in [-0.05, 0) is 18.9 Å². The maximum atomic E-state index is 6.09. The van der Waals surface area contributed by atoms with E-state index in [1.807, 2.05) is 20.8 Å². The smallest absolute Gasteiger partial charge is 0.145 e. The number of fused-ring (bicyclic) bond motifs is 1. The molecule has 0 N–H and O–H groups in total. The van der Waals surface area contributed by atoms with Crippen LogP contribution in [0.25, 0.3) is 11.0 Å². The van der Waals surface area contributed by atoms with Gasteiger partial charge in [0.15, 0.2) is 0 Å². The van der Waals surface area contributed by atoms with Gasteiger partial charge in [-0.15, -0.1) is 0 Å². The molecule has 0 aromatic carbocycles. The van der Waals surface area contributed by atoms with E-state index >= 15 is 0 Å².